The molecule has 0 bridgehead atoms. The summed E-state index contributed by atoms with van der Waals surface area (Å²) in [6, 6.07) is 3.14. The molecule has 1 aromatic carbocycles. The van der Waals surface area contributed by atoms with Gasteiger partial charge in [0.25, 0.3) is 5.56 Å². The van der Waals surface area contributed by atoms with Gasteiger partial charge in [0.2, 0.25) is 0 Å². The van der Waals surface area contributed by atoms with E-state index in [2.05, 4.69) is 0 Å². The second kappa shape index (κ2) is 8.13. The van der Waals surface area contributed by atoms with E-state index in [9.17, 15) is 18.0 Å². The summed E-state index contributed by atoms with van der Waals surface area (Å²) >= 11 is 6.12. The molecule has 0 amide bonds. The molecule has 0 unspecified atom stereocenters. The highest BCUT2D eigenvalue weighted by Crippen LogP contribution is 2.36. The smallest absolute Gasteiger partial charge is 0.416 e. The molecule has 7 heteroatoms. The summed E-state index contributed by atoms with van der Waals surface area (Å²) in [5, 5.41) is 0.361. The Balaban J connectivity index is 2.81. The third kappa shape index (κ3) is 4.98. The maximum absolute atomic E-state index is 13.2. The van der Waals surface area contributed by atoms with Crippen molar-refractivity contribution >= 4 is 22.4 Å². The summed E-state index contributed by atoms with van der Waals surface area (Å²) < 4.78 is 46.9. The maximum Gasteiger partial charge on any atom is 0.416 e. The number of pyridine rings is 1. The Morgan fingerprint density at radius 3 is 2.33 bits per heavy atom. The van der Waals surface area contributed by atoms with Crippen LogP contribution in [0, 0.1) is 5.41 Å². The lowest BCUT2D eigenvalue weighted by atomic mass is 9.96. The molecule has 0 aliphatic heterocycles. The fourth-order valence-corrected chi connectivity index (χ4v) is 3.16. The summed E-state index contributed by atoms with van der Waals surface area (Å²) in [7, 11) is 0. The summed E-state index contributed by atoms with van der Waals surface area (Å²) in [6.07, 6.45) is -2.87. The minimum Gasteiger partial charge on any atom is -0.491 e. The second-order valence-electron chi connectivity index (χ2n) is 7.82. The van der Waals surface area contributed by atoms with Gasteiger partial charge in [0.1, 0.15) is 5.75 Å². The highest BCUT2D eigenvalue weighted by Gasteiger charge is 2.32. The van der Waals surface area contributed by atoms with E-state index in [0.717, 1.165) is 25.0 Å². The van der Waals surface area contributed by atoms with Crippen molar-refractivity contribution < 1.29 is 17.9 Å². The maximum atomic E-state index is 13.2. The monoisotopic (exact) mass is 403 g/mol. The number of ether oxygens (including phenoxy) is 1. The number of alkyl halides is 4. The molecule has 0 aliphatic carbocycles. The Morgan fingerprint density at radius 1 is 1.15 bits per heavy atom. The van der Waals surface area contributed by atoms with Crippen molar-refractivity contribution in [3.05, 3.63) is 39.8 Å². The fraction of sp³-hybridized carbons (Fsp3) is 0.550. The molecule has 2 rings (SSSR count). The van der Waals surface area contributed by atoms with Gasteiger partial charge in [-0.25, -0.2) is 0 Å². The van der Waals surface area contributed by atoms with Gasteiger partial charge in [-0.1, -0.05) is 34.1 Å². The van der Waals surface area contributed by atoms with Crippen LogP contribution in [0.1, 0.15) is 51.8 Å². The van der Waals surface area contributed by atoms with Crippen LogP contribution in [0.5, 0.6) is 5.75 Å². The number of nitrogens with zero attached hydrogens (tertiary/aromatic N) is 1. The first-order valence-electron chi connectivity index (χ1n) is 8.95. The van der Waals surface area contributed by atoms with Gasteiger partial charge >= 0.3 is 6.18 Å². The lowest BCUT2D eigenvalue weighted by Gasteiger charge is -2.25. The summed E-state index contributed by atoms with van der Waals surface area (Å²) in [5.41, 5.74) is -0.972. The minimum absolute atomic E-state index is 0.0288. The van der Waals surface area contributed by atoms with Gasteiger partial charge in [-0.3, -0.25) is 4.79 Å². The molecule has 0 saturated carbocycles. The molecule has 0 radical (unpaired) electrons. The Labute approximate surface area is 162 Å². The molecule has 0 fully saturated rings. The van der Waals surface area contributed by atoms with Gasteiger partial charge in [0, 0.05) is 11.9 Å². The summed E-state index contributed by atoms with van der Waals surface area (Å²) in [5.74, 6) is 0.238. The minimum atomic E-state index is -4.50. The van der Waals surface area contributed by atoms with Crippen LogP contribution in [-0.2, 0) is 18.6 Å². The Hall–Kier alpha value is -1.69. The number of rotatable bonds is 6. The van der Waals surface area contributed by atoms with Crippen LogP contribution < -0.4 is 10.3 Å². The molecule has 1 aromatic heterocycles. The predicted octanol–water partition coefficient (Wildman–Crippen LogP) is 5.98. The molecular formula is C20H25ClF3NO2. The van der Waals surface area contributed by atoms with Crippen molar-refractivity contribution in [3.63, 3.8) is 0 Å². The van der Waals surface area contributed by atoms with E-state index < -0.39 is 11.7 Å². The van der Waals surface area contributed by atoms with E-state index in [1.165, 1.54) is 10.6 Å². The van der Waals surface area contributed by atoms with Gasteiger partial charge in [-0.05, 0) is 30.0 Å². The molecule has 0 N–H and O–H groups in total. The van der Waals surface area contributed by atoms with Crippen molar-refractivity contribution in [2.24, 2.45) is 5.41 Å². The van der Waals surface area contributed by atoms with Gasteiger partial charge in [-0.2, -0.15) is 13.2 Å². The quantitative estimate of drug-likeness (QED) is 0.438. The Morgan fingerprint density at radius 2 is 1.81 bits per heavy atom. The van der Waals surface area contributed by atoms with Crippen LogP contribution in [0.3, 0.4) is 0 Å². The number of aromatic nitrogens is 1. The highest BCUT2D eigenvalue weighted by atomic mass is 35.5. The average molecular weight is 404 g/mol. The number of benzene rings is 1. The molecule has 2 aromatic rings. The van der Waals surface area contributed by atoms with Crippen LogP contribution in [0.2, 0.25) is 0 Å². The zero-order chi connectivity index (χ0) is 20.4. The van der Waals surface area contributed by atoms with Crippen molar-refractivity contribution in [1.82, 2.24) is 4.57 Å². The SMILES string of the molecule is CCCCOc1c(CCl)n(CC(C)(C)C)c(=O)c2ccc(C(F)(F)F)cc12. The predicted molar refractivity (Wildman–Crippen MR) is 103 cm³/mol. The molecule has 3 nitrogen and oxygen atoms in total. The number of halogens is 4. The third-order valence-corrected chi connectivity index (χ3v) is 4.41. The first-order chi connectivity index (χ1) is 12.5. The Bertz CT molecular complexity index is 867. The first-order valence-corrected chi connectivity index (χ1v) is 9.48. The number of fused-ring (bicyclic) bond motifs is 1. The van der Waals surface area contributed by atoms with Crippen molar-refractivity contribution in [2.75, 3.05) is 6.61 Å². The van der Waals surface area contributed by atoms with Gasteiger partial charge in [-0.15, -0.1) is 11.6 Å². The third-order valence-electron chi connectivity index (χ3n) is 4.16. The van der Waals surface area contributed by atoms with E-state index >= 15 is 0 Å². The highest BCUT2D eigenvalue weighted by molar-refractivity contribution is 6.17. The molecular weight excluding hydrogens is 379 g/mol. The molecule has 150 valence electrons. The molecule has 0 aliphatic rings. The van der Waals surface area contributed by atoms with Crippen molar-refractivity contribution in [2.45, 2.75) is 59.1 Å². The normalized spacial score (nSPS) is 12.6. The van der Waals surface area contributed by atoms with Crippen LogP contribution in [0.15, 0.2) is 23.0 Å². The number of unbranched alkanes of at least 4 members (excludes halogenated alkanes) is 1. The van der Waals surface area contributed by atoms with Gasteiger partial charge in [0.05, 0.1) is 29.1 Å². The van der Waals surface area contributed by atoms with E-state index in [-0.39, 0.29) is 33.4 Å². The first kappa shape index (κ1) is 21.6. The molecule has 0 saturated heterocycles. The lowest BCUT2D eigenvalue weighted by molar-refractivity contribution is -0.137. The van der Waals surface area contributed by atoms with E-state index in [1.807, 2.05) is 27.7 Å². The van der Waals surface area contributed by atoms with E-state index in [0.29, 0.717) is 18.8 Å². The van der Waals surface area contributed by atoms with Crippen LogP contribution in [0.25, 0.3) is 10.8 Å². The van der Waals surface area contributed by atoms with Crippen molar-refractivity contribution in [1.29, 1.82) is 0 Å². The standard InChI is InChI=1S/C20H25ClF3NO2/c1-5-6-9-27-17-15-10-13(20(22,23)24)7-8-14(15)18(26)25(16(17)11-21)12-19(2,3)4/h7-8,10H,5-6,9,11-12H2,1-4H3. The molecule has 1 heterocycles. The fourth-order valence-electron chi connectivity index (χ4n) is 2.89. The van der Waals surface area contributed by atoms with E-state index in [4.69, 9.17) is 16.3 Å². The Kier molecular flexibility index (Phi) is 6.51. The van der Waals surface area contributed by atoms with Gasteiger partial charge in [0.15, 0.2) is 0 Å². The molecule has 0 atom stereocenters. The average Bonchev–Trinajstić information content (AvgIpc) is 2.56. The zero-order valence-electron chi connectivity index (χ0n) is 16.0. The van der Waals surface area contributed by atoms with Gasteiger partial charge < -0.3 is 9.30 Å². The van der Waals surface area contributed by atoms with Crippen LogP contribution >= 0.6 is 11.6 Å². The topological polar surface area (TPSA) is 31.2 Å². The number of hydrogen-bond donors (Lipinski definition) is 0. The van der Waals surface area contributed by atoms with E-state index in [1.54, 1.807) is 0 Å². The summed E-state index contributed by atoms with van der Waals surface area (Å²) in [6.45, 7) is 8.66. The van der Waals surface area contributed by atoms with Crippen LogP contribution in [-0.4, -0.2) is 11.2 Å². The largest absolute Gasteiger partial charge is 0.491 e. The number of hydrogen-bond acceptors (Lipinski definition) is 2. The van der Waals surface area contributed by atoms with Crippen LogP contribution in [0.4, 0.5) is 13.2 Å². The second-order valence-corrected chi connectivity index (χ2v) is 8.09. The molecule has 0 spiro atoms. The zero-order valence-corrected chi connectivity index (χ0v) is 16.8. The molecule has 27 heavy (non-hydrogen) atoms. The lowest BCUT2D eigenvalue weighted by Crippen LogP contribution is -2.30. The summed E-state index contributed by atoms with van der Waals surface area (Å²) in [4.78, 5) is 13.0. The van der Waals surface area contributed by atoms with Crippen molar-refractivity contribution in [3.8, 4) is 5.75 Å².